The number of rotatable bonds is 8. The van der Waals surface area contributed by atoms with Gasteiger partial charge in [0.2, 0.25) is 11.7 Å². The van der Waals surface area contributed by atoms with Gasteiger partial charge in [0, 0.05) is 23.4 Å². The van der Waals surface area contributed by atoms with Crippen molar-refractivity contribution in [3.05, 3.63) is 57.9 Å². The van der Waals surface area contributed by atoms with Gasteiger partial charge < -0.3 is 4.52 Å². The van der Waals surface area contributed by atoms with Crippen molar-refractivity contribution < 1.29 is 8.91 Å². The molecular formula is C19H22FN3OS. The lowest BCUT2D eigenvalue weighted by Gasteiger charge is -2.18. The summed E-state index contributed by atoms with van der Waals surface area (Å²) in [5.41, 5.74) is 1.25. The van der Waals surface area contributed by atoms with Crippen LogP contribution in [0.1, 0.15) is 29.7 Å². The summed E-state index contributed by atoms with van der Waals surface area (Å²) in [6.07, 6.45) is 1.67. The molecule has 0 fully saturated rings. The first kappa shape index (κ1) is 17.8. The maximum atomic E-state index is 13.7. The summed E-state index contributed by atoms with van der Waals surface area (Å²) in [6.45, 7) is 6.87. The van der Waals surface area contributed by atoms with Gasteiger partial charge in [0.25, 0.3) is 0 Å². The zero-order valence-corrected chi connectivity index (χ0v) is 15.4. The zero-order valence-electron chi connectivity index (χ0n) is 14.5. The fourth-order valence-corrected chi connectivity index (χ4v) is 3.38. The molecular weight excluding hydrogens is 337 g/mol. The third-order valence-electron chi connectivity index (χ3n) is 4.17. The van der Waals surface area contributed by atoms with Gasteiger partial charge in [0.15, 0.2) is 0 Å². The van der Waals surface area contributed by atoms with Crippen molar-refractivity contribution in [2.45, 2.75) is 33.2 Å². The molecule has 0 saturated carbocycles. The topological polar surface area (TPSA) is 42.2 Å². The van der Waals surface area contributed by atoms with Crippen molar-refractivity contribution >= 4 is 11.3 Å². The molecule has 0 N–H and O–H groups in total. The van der Waals surface area contributed by atoms with Crippen LogP contribution in [0.25, 0.3) is 11.4 Å². The molecule has 6 heteroatoms. The van der Waals surface area contributed by atoms with Gasteiger partial charge in [-0.15, -0.1) is 11.3 Å². The monoisotopic (exact) mass is 359 g/mol. The largest absolute Gasteiger partial charge is 0.339 e. The minimum Gasteiger partial charge on any atom is -0.339 e. The van der Waals surface area contributed by atoms with Crippen LogP contribution in [0.3, 0.4) is 0 Å². The van der Waals surface area contributed by atoms with Gasteiger partial charge >= 0.3 is 0 Å². The number of thiophene rings is 1. The Labute approximate surface area is 151 Å². The van der Waals surface area contributed by atoms with Gasteiger partial charge in [-0.2, -0.15) is 4.98 Å². The molecule has 0 spiro atoms. The number of nitrogens with zero attached hydrogens (tertiary/aromatic N) is 3. The molecule has 0 aliphatic rings. The van der Waals surface area contributed by atoms with Gasteiger partial charge in [-0.1, -0.05) is 30.3 Å². The lowest BCUT2D eigenvalue weighted by Crippen LogP contribution is -2.23. The van der Waals surface area contributed by atoms with Gasteiger partial charge in [-0.25, -0.2) is 4.39 Å². The minimum atomic E-state index is -0.254. The van der Waals surface area contributed by atoms with E-state index in [-0.39, 0.29) is 5.82 Å². The Balaban J connectivity index is 1.53. The quantitative estimate of drug-likeness (QED) is 0.585. The predicted octanol–water partition coefficient (Wildman–Crippen LogP) is 4.70. The molecule has 0 amide bonds. The number of aryl methyl sites for hydroxylation is 2. The van der Waals surface area contributed by atoms with Crippen molar-refractivity contribution in [1.82, 2.24) is 15.0 Å². The number of hydrogen-bond acceptors (Lipinski definition) is 5. The highest BCUT2D eigenvalue weighted by molar-refractivity contribution is 7.09. The van der Waals surface area contributed by atoms with Crippen LogP contribution in [0.5, 0.6) is 0 Å². The van der Waals surface area contributed by atoms with Crippen LogP contribution in [0, 0.1) is 12.7 Å². The molecule has 0 radical (unpaired) electrons. The first-order valence-corrected chi connectivity index (χ1v) is 9.37. The Hall–Kier alpha value is -2.05. The van der Waals surface area contributed by atoms with E-state index in [1.165, 1.54) is 10.9 Å². The highest BCUT2D eigenvalue weighted by atomic mass is 32.1. The van der Waals surface area contributed by atoms with E-state index in [4.69, 9.17) is 4.52 Å². The minimum absolute atomic E-state index is 0.254. The van der Waals surface area contributed by atoms with Crippen LogP contribution < -0.4 is 0 Å². The molecule has 1 aromatic carbocycles. The van der Waals surface area contributed by atoms with Crippen molar-refractivity contribution in [1.29, 1.82) is 0 Å². The van der Waals surface area contributed by atoms with E-state index in [1.54, 1.807) is 24.3 Å². The summed E-state index contributed by atoms with van der Waals surface area (Å²) >= 11 is 1.79. The Morgan fingerprint density at radius 2 is 2.16 bits per heavy atom. The molecule has 0 atom stereocenters. The van der Waals surface area contributed by atoms with E-state index >= 15 is 0 Å². The van der Waals surface area contributed by atoms with Crippen LogP contribution in [0.15, 0.2) is 40.2 Å². The molecule has 0 bridgehead atoms. The Kier molecular flexibility index (Phi) is 5.94. The molecule has 132 valence electrons. The summed E-state index contributed by atoms with van der Waals surface area (Å²) in [5, 5.41) is 6.08. The average molecular weight is 359 g/mol. The highest BCUT2D eigenvalue weighted by Crippen LogP contribution is 2.19. The summed E-state index contributed by atoms with van der Waals surface area (Å²) in [7, 11) is 0. The first-order chi connectivity index (χ1) is 12.2. The summed E-state index contributed by atoms with van der Waals surface area (Å²) in [6, 6.07) is 9.24. The van der Waals surface area contributed by atoms with E-state index in [0.717, 1.165) is 32.5 Å². The van der Waals surface area contributed by atoms with Crippen LogP contribution in [0.2, 0.25) is 0 Å². The standard InChI is InChI=1S/C19H22FN3OS/c1-3-23(13-16-6-5-11-25-16)10-4-7-18-21-19(22-24-18)15-9-8-14(2)17(20)12-15/h5-6,8-9,11-12H,3-4,7,10,13H2,1-2H3. The van der Waals surface area contributed by atoms with E-state index < -0.39 is 0 Å². The number of halogens is 1. The van der Waals surface area contributed by atoms with E-state index in [9.17, 15) is 4.39 Å². The first-order valence-electron chi connectivity index (χ1n) is 8.49. The normalized spacial score (nSPS) is 11.4. The molecule has 0 saturated heterocycles. The molecule has 0 unspecified atom stereocenters. The molecule has 2 heterocycles. The van der Waals surface area contributed by atoms with Crippen LogP contribution >= 0.6 is 11.3 Å². The number of hydrogen-bond donors (Lipinski definition) is 0. The van der Waals surface area contributed by atoms with Gasteiger partial charge in [0.05, 0.1) is 0 Å². The van der Waals surface area contributed by atoms with Gasteiger partial charge in [0.1, 0.15) is 5.82 Å². The van der Waals surface area contributed by atoms with Crippen molar-refractivity contribution in [2.75, 3.05) is 13.1 Å². The summed E-state index contributed by atoms with van der Waals surface area (Å²) < 4.78 is 19.0. The molecule has 4 nitrogen and oxygen atoms in total. The second kappa shape index (κ2) is 8.36. The van der Waals surface area contributed by atoms with E-state index in [1.807, 2.05) is 6.07 Å². The van der Waals surface area contributed by atoms with Crippen LogP contribution in [-0.4, -0.2) is 28.1 Å². The van der Waals surface area contributed by atoms with Crippen molar-refractivity contribution in [3.8, 4) is 11.4 Å². The third kappa shape index (κ3) is 4.74. The Morgan fingerprint density at radius 3 is 2.88 bits per heavy atom. The number of aromatic nitrogens is 2. The molecule has 0 aliphatic carbocycles. The Bertz CT molecular complexity index is 801. The second-order valence-electron chi connectivity index (χ2n) is 6.03. The number of benzene rings is 1. The smallest absolute Gasteiger partial charge is 0.227 e. The predicted molar refractivity (Wildman–Crippen MR) is 98.0 cm³/mol. The van der Waals surface area contributed by atoms with E-state index in [2.05, 4.69) is 39.5 Å². The summed E-state index contributed by atoms with van der Waals surface area (Å²) in [5.74, 6) is 0.791. The maximum Gasteiger partial charge on any atom is 0.227 e. The highest BCUT2D eigenvalue weighted by Gasteiger charge is 2.11. The van der Waals surface area contributed by atoms with Gasteiger partial charge in [-0.3, -0.25) is 4.90 Å². The maximum absolute atomic E-state index is 13.7. The average Bonchev–Trinajstić information content (AvgIpc) is 3.28. The molecule has 3 aromatic rings. The SMILES string of the molecule is CCN(CCCc1nc(-c2ccc(C)c(F)c2)no1)Cc1cccs1. The van der Waals surface area contributed by atoms with E-state index in [0.29, 0.717) is 22.8 Å². The molecule has 0 aliphatic heterocycles. The second-order valence-corrected chi connectivity index (χ2v) is 7.06. The fourth-order valence-electron chi connectivity index (χ4n) is 2.63. The fraction of sp³-hybridized carbons (Fsp3) is 0.368. The van der Waals surface area contributed by atoms with Crippen LogP contribution in [0.4, 0.5) is 4.39 Å². The van der Waals surface area contributed by atoms with Crippen molar-refractivity contribution in [3.63, 3.8) is 0 Å². The summed E-state index contributed by atoms with van der Waals surface area (Å²) in [4.78, 5) is 8.17. The lowest BCUT2D eigenvalue weighted by atomic mass is 10.1. The molecule has 2 aromatic heterocycles. The molecule has 3 rings (SSSR count). The Morgan fingerprint density at radius 1 is 1.28 bits per heavy atom. The van der Waals surface area contributed by atoms with Gasteiger partial charge in [-0.05, 0) is 49.5 Å². The zero-order chi connectivity index (χ0) is 17.6. The van der Waals surface area contributed by atoms with Crippen molar-refractivity contribution in [2.24, 2.45) is 0 Å². The molecule has 25 heavy (non-hydrogen) atoms. The van der Waals surface area contributed by atoms with Crippen LogP contribution in [-0.2, 0) is 13.0 Å². The lowest BCUT2D eigenvalue weighted by molar-refractivity contribution is 0.272. The third-order valence-corrected chi connectivity index (χ3v) is 5.03.